The molecule has 2 rings (SSSR count). The molecule has 0 bridgehead atoms. The second-order valence-corrected chi connectivity index (χ2v) is 5.81. The van der Waals surface area contributed by atoms with E-state index in [0.29, 0.717) is 24.6 Å². The number of hydrogen-bond acceptors (Lipinski definition) is 4. The molecule has 0 saturated heterocycles. The van der Waals surface area contributed by atoms with E-state index in [1.165, 1.54) is 7.11 Å². The molecule has 1 aromatic carbocycles. The molecule has 2 atom stereocenters. The van der Waals surface area contributed by atoms with Crippen LogP contribution < -0.4 is 10.5 Å². The number of phenolic OH excluding ortho intramolecular Hbond substituents is 1. The maximum absolute atomic E-state index is 12.2. The summed E-state index contributed by atoms with van der Waals surface area (Å²) in [4.78, 5) is 13.9. The zero-order valence-corrected chi connectivity index (χ0v) is 12.7. The van der Waals surface area contributed by atoms with Crippen LogP contribution in [0.25, 0.3) is 0 Å². The Morgan fingerprint density at radius 1 is 1.48 bits per heavy atom. The van der Waals surface area contributed by atoms with Crippen molar-refractivity contribution in [2.45, 2.75) is 38.3 Å². The van der Waals surface area contributed by atoms with Crippen molar-refractivity contribution >= 4 is 5.91 Å². The molecule has 0 spiro atoms. The van der Waals surface area contributed by atoms with Gasteiger partial charge in [0.15, 0.2) is 11.5 Å². The lowest BCUT2D eigenvalue weighted by molar-refractivity contribution is -0.131. The number of amides is 1. The van der Waals surface area contributed by atoms with Gasteiger partial charge >= 0.3 is 0 Å². The highest BCUT2D eigenvalue weighted by molar-refractivity contribution is 5.76. The summed E-state index contributed by atoms with van der Waals surface area (Å²) in [5.41, 5.74) is 6.89. The smallest absolute Gasteiger partial charge is 0.222 e. The standard InChI is InChI=1S/C16H24N2O3/c1-18(16(20)9-12-4-3-5-13(12)17)10-11-6-7-15(21-2)14(19)8-11/h6-8,12-13,19H,3-5,9-10,17H2,1-2H3/t12-,13+/m0/s1. The Kier molecular flexibility index (Phi) is 5.07. The van der Waals surface area contributed by atoms with E-state index in [1.54, 1.807) is 24.1 Å². The van der Waals surface area contributed by atoms with Crippen LogP contribution in [0.4, 0.5) is 0 Å². The summed E-state index contributed by atoms with van der Waals surface area (Å²) in [5.74, 6) is 0.940. The first-order valence-electron chi connectivity index (χ1n) is 7.36. The van der Waals surface area contributed by atoms with Crippen molar-refractivity contribution in [2.24, 2.45) is 11.7 Å². The van der Waals surface area contributed by atoms with Crippen LogP contribution in [-0.2, 0) is 11.3 Å². The summed E-state index contributed by atoms with van der Waals surface area (Å²) >= 11 is 0. The number of carbonyl (C=O) groups excluding carboxylic acids is 1. The Balaban J connectivity index is 1.92. The number of rotatable bonds is 5. The number of nitrogens with zero attached hydrogens (tertiary/aromatic N) is 1. The van der Waals surface area contributed by atoms with Crippen LogP contribution in [0.15, 0.2) is 18.2 Å². The van der Waals surface area contributed by atoms with Gasteiger partial charge in [0, 0.05) is 26.1 Å². The topological polar surface area (TPSA) is 75.8 Å². The number of methoxy groups -OCH3 is 1. The van der Waals surface area contributed by atoms with Crippen molar-refractivity contribution in [3.63, 3.8) is 0 Å². The monoisotopic (exact) mass is 292 g/mol. The average Bonchev–Trinajstić information content (AvgIpc) is 2.84. The summed E-state index contributed by atoms with van der Waals surface area (Å²) in [6.07, 6.45) is 3.70. The minimum atomic E-state index is 0.0914. The second kappa shape index (κ2) is 6.80. The van der Waals surface area contributed by atoms with Gasteiger partial charge in [0.05, 0.1) is 7.11 Å². The fraction of sp³-hybridized carbons (Fsp3) is 0.562. The third-order valence-corrected chi connectivity index (χ3v) is 4.24. The summed E-state index contributed by atoms with van der Waals surface area (Å²) in [5, 5.41) is 9.76. The SMILES string of the molecule is COc1ccc(CN(C)C(=O)C[C@@H]2CCC[C@H]2N)cc1O. The van der Waals surface area contributed by atoms with Gasteiger partial charge in [0.1, 0.15) is 0 Å². The third kappa shape index (κ3) is 3.88. The highest BCUT2D eigenvalue weighted by Gasteiger charge is 2.27. The average molecular weight is 292 g/mol. The van der Waals surface area contributed by atoms with Gasteiger partial charge in [0.2, 0.25) is 5.91 Å². The number of aromatic hydroxyl groups is 1. The molecule has 1 amide bonds. The molecule has 0 radical (unpaired) electrons. The number of ether oxygens (including phenoxy) is 1. The second-order valence-electron chi connectivity index (χ2n) is 5.81. The van der Waals surface area contributed by atoms with Crippen molar-refractivity contribution in [2.75, 3.05) is 14.2 Å². The number of benzene rings is 1. The molecule has 1 saturated carbocycles. The van der Waals surface area contributed by atoms with Crippen LogP contribution >= 0.6 is 0 Å². The molecule has 0 aromatic heterocycles. The molecule has 0 heterocycles. The van der Waals surface area contributed by atoms with E-state index in [2.05, 4.69) is 0 Å². The van der Waals surface area contributed by atoms with Crippen LogP contribution in [0, 0.1) is 5.92 Å². The molecule has 5 nitrogen and oxygen atoms in total. The molecule has 1 aromatic rings. The number of carbonyl (C=O) groups is 1. The van der Waals surface area contributed by atoms with Gasteiger partial charge in [-0.15, -0.1) is 0 Å². The molecular formula is C16H24N2O3. The Morgan fingerprint density at radius 2 is 2.24 bits per heavy atom. The van der Waals surface area contributed by atoms with Gasteiger partial charge in [-0.1, -0.05) is 12.5 Å². The lowest BCUT2D eigenvalue weighted by atomic mass is 9.99. The summed E-state index contributed by atoms with van der Waals surface area (Å²) in [6.45, 7) is 0.471. The highest BCUT2D eigenvalue weighted by atomic mass is 16.5. The summed E-state index contributed by atoms with van der Waals surface area (Å²) in [7, 11) is 3.29. The molecule has 1 aliphatic rings. The van der Waals surface area contributed by atoms with Crippen LogP contribution in [0.3, 0.4) is 0 Å². The van der Waals surface area contributed by atoms with E-state index < -0.39 is 0 Å². The first-order chi connectivity index (χ1) is 10.0. The van der Waals surface area contributed by atoms with E-state index in [9.17, 15) is 9.90 Å². The van der Waals surface area contributed by atoms with Gasteiger partial charge in [-0.2, -0.15) is 0 Å². The predicted octanol–water partition coefficient (Wildman–Crippen LogP) is 1.88. The van der Waals surface area contributed by atoms with Gasteiger partial charge in [-0.25, -0.2) is 0 Å². The summed E-state index contributed by atoms with van der Waals surface area (Å²) < 4.78 is 5.01. The number of phenols is 1. The lowest BCUT2D eigenvalue weighted by Crippen LogP contribution is -2.32. The zero-order valence-electron chi connectivity index (χ0n) is 12.7. The van der Waals surface area contributed by atoms with E-state index in [1.807, 2.05) is 6.07 Å². The molecule has 3 N–H and O–H groups in total. The van der Waals surface area contributed by atoms with E-state index in [4.69, 9.17) is 10.5 Å². The van der Waals surface area contributed by atoms with E-state index in [-0.39, 0.29) is 17.7 Å². The Bertz CT molecular complexity index is 504. The van der Waals surface area contributed by atoms with Crippen molar-refractivity contribution in [1.82, 2.24) is 4.90 Å². The van der Waals surface area contributed by atoms with E-state index >= 15 is 0 Å². The minimum absolute atomic E-state index is 0.0914. The zero-order chi connectivity index (χ0) is 15.4. The molecule has 1 fully saturated rings. The molecule has 21 heavy (non-hydrogen) atoms. The Hall–Kier alpha value is -1.75. The van der Waals surface area contributed by atoms with Crippen molar-refractivity contribution in [3.8, 4) is 11.5 Å². The van der Waals surface area contributed by atoms with Gasteiger partial charge in [-0.3, -0.25) is 4.79 Å². The number of hydrogen-bond donors (Lipinski definition) is 2. The Labute approximate surface area is 125 Å². The molecule has 116 valence electrons. The quantitative estimate of drug-likeness (QED) is 0.869. The van der Waals surface area contributed by atoms with Crippen molar-refractivity contribution < 1.29 is 14.6 Å². The number of nitrogens with two attached hydrogens (primary N) is 1. The first-order valence-corrected chi connectivity index (χ1v) is 7.36. The maximum atomic E-state index is 12.2. The minimum Gasteiger partial charge on any atom is -0.504 e. The highest BCUT2D eigenvalue weighted by Crippen LogP contribution is 2.28. The Morgan fingerprint density at radius 3 is 2.81 bits per heavy atom. The predicted molar refractivity (Wildman–Crippen MR) is 81.1 cm³/mol. The molecule has 1 aliphatic carbocycles. The van der Waals surface area contributed by atoms with E-state index in [0.717, 1.165) is 24.8 Å². The fourth-order valence-electron chi connectivity index (χ4n) is 2.90. The maximum Gasteiger partial charge on any atom is 0.222 e. The normalized spacial score (nSPS) is 21.3. The third-order valence-electron chi connectivity index (χ3n) is 4.24. The van der Waals surface area contributed by atoms with Gasteiger partial charge in [0.25, 0.3) is 0 Å². The van der Waals surface area contributed by atoms with Crippen molar-refractivity contribution in [1.29, 1.82) is 0 Å². The molecule has 0 aliphatic heterocycles. The lowest BCUT2D eigenvalue weighted by Gasteiger charge is -2.21. The first kappa shape index (κ1) is 15.6. The summed E-state index contributed by atoms with van der Waals surface area (Å²) in [6, 6.07) is 5.34. The van der Waals surface area contributed by atoms with Crippen LogP contribution in [0.5, 0.6) is 11.5 Å². The van der Waals surface area contributed by atoms with Crippen LogP contribution in [0.1, 0.15) is 31.2 Å². The largest absolute Gasteiger partial charge is 0.504 e. The van der Waals surface area contributed by atoms with Crippen LogP contribution in [0.2, 0.25) is 0 Å². The van der Waals surface area contributed by atoms with Crippen LogP contribution in [-0.4, -0.2) is 36.1 Å². The molecular weight excluding hydrogens is 268 g/mol. The fourth-order valence-corrected chi connectivity index (χ4v) is 2.90. The molecule has 5 heteroatoms. The molecule has 0 unspecified atom stereocenters. The van der Waals surface area contributed by atoms with Crippen molar-refractivity contribution in [3.05, 3.63) is 23.8 Å². The van der Waals surface area contributed by atoms with Gasteiger partial charge in [-0.05, 0) is 36.5 Å². The van der Waals surface area contributed by atoms with Gasteiger partial charge < -0.3 is 20.5 Å².